The van der Waals surface area contributed by atoms with E-state index >= 15 is 0 Å². The van der Waals surface area contributed by atoms with Gasteiger partial charge in [-0.15, -0.1) is 0 Å². The maximum atomic E-state index is 9.58. The van der Waals surface area contributed by atoms with Crippen LogP contribution in [0.25, 0.3) is 0 Å². The molecule has 10 nitrogen and oxygen atoms in total. The van der Waals surface area contributed by atoms with Crippen LogP contribution in [0.5, 0.6) is 0 Å². The Labute approximate surface area is 117 Å². The van der Waals surface area contributed by atoms with Crippen molar-refractivity contribution in [3.63, 3.8) is 0 Å². The van der Waals surface area contributed by atoms with Crippen molar-refractivity contribution in [2.24, 2.45) is 11.5 Å². The molecule has 0 rings (SSSR count). The van der Waals surface area contributed by atoms with Gasteiger partial charge in [-0.05, 0) is 0 Å². The summed E-state index contributed by atoms with van der Waals surface area (Å²) in [6, 6.07) is 0. The molecule has 0 aromatic carbocycles. The minimum Gasteiger partial charge on any atom is -0.389 e. The Morgan fingerprint density at radius 1 is 0.600 bits per heavy atom. The van der Waals surface area contributed by atoms with E-state index in [4.69, 9.17) is 11.5 Å². The Morgan fingerprint density at radius 3 is 1.15 bits per heavy atom. The molecule has 6 atom stereocenters. The van der Waals surface area contributed by atoms with Gasteiger partial charge in [-0.1, -0.05) is 0 Å². The van der Waals surface area contributed by atoms with Gasteiger partial charge in [0.1, 0.15) is 24.7 Å². The fourth-order valence-electron chi connectivity index (χ4n) is 1.28. The highest BCUT2D eigenvalue weighted by Crippen LogP contribution is 1.95. The first kappa shape index (κ1) is 19.6. The maximum absolute atomic E-state index is 9.58. The molecule has 0 amide bonds. The van der Waals surface area contributed by atoms with Crippen LogP contribution in [0.15, 0.2) is 0 Å². The standard InChI is InChI=1S/C10H26N4O6/c11-1-5(15)9(19)13-3-7(17)8(18)4-14-10(20)6(16)2-12/h5-10,13-20H,1-4,11-12H2. The van der Waals surface area contributed by atoms with E-state index in [1.807, 2.05) is 0 Å². The van der Waals surface area contributed by atoms with Crippen LogP contribution >= 0.6 is 0 Å². The molecule has 0 heterocycles. The van der Waals surface area contributed by atoms with Crippen LogP contribution < -0.4 is 22.1 Å². The lowest BCUT2D eigenvalue weighted by Gasteiger charge is -2.24. The largest absolute Gasteiger partial charge is 0.389 e. The number of hydrogen-bond acceptors (Lipinski definition) is 10. The fourth-order valence-corrected chi connectivity index (χ4v) is 1.28. The molecule has 0 aromatic heterocycles. The smallest absolute Gasteiger partial charge is 0.132 e. The topological polar surface area (TPSA) is 197 Å². The molecule has 0 aliphatic carbocycles. The molecule has 0 spiro atoms. The van der Waals surface area contributed by atoms with Gasteiger partial charge in [-0.3, -0.25) is 10.6 Å². The SMILES string of the molecule is NCC(O)C(O)NCC(O)C(O)CNC(O)C(O)CN. The first-order chi connectivity index (χ1) is 9.33. The summed E-state index contributed by atoms with van der Waals surface area (Å²) in [6.07, 6.45) is -7.52. The molecule has 0 radical (unpaired) electrons. The van der Waals surface area contributed by atoms with E-state index in [1.165, 1.54) is 0 Å². The van der Waals surface area contributed by atoms with E-state index in [1.54, 1.807) is 0 Å². The summed E-state index contributed by atoms with van der Waals surface area (Å²) in [7, 11) is 0. The molecule has 0 aliphatic rings. The lowest BCUT2D eigenvalue weighted by Crippen LogP contribution is -2.52. The van der Waals surface area contributed by atoms with E-state index in [0.29, 0.717) is 0 Å². The molecule has 10 heteroatoms. The summed E-state index contributed by atoms with van der Waals surface area (Å²) in [5.41, 5.74) is 10.3. The number of rotatable bonds is 11. The second-order valence-corrected chi connectivity index (χ2v) is 4.45. The monoisotopic (exact) mass is 298 g/mol. The minimum absolute atomic E-state index is 0.155. The van der Waals surface area contributed by atoms with Crippen molar-refractivity contribution in [2.45, 2.75) is 36.9 Å². The summed E-state index contributed by atoms with van der Waals surface area (Å²) in [5.74, 6) is 0. The van der Waals surface area contributed by atoms with Gasteiger partial charge in [0.05, 0.1) is 12.2 Å². The molecule has 0 saturated heterocycles. The second-order valence-electron chi connectivity index (χ2n) is 4.45. The molecule has 0 aromatic rings. The van der Waals surface area contributed by atoms with Crippen LogP contribution in [0.3, 0.4) is 0 Å². The summed E-state index contributed by atoms with van der Waals surface area (Å²) in [6.45, 7) is -0.706. The van der Waals surface area contributed by atoms with Crippen molar-refractivity contribution in [3.8, 4) is 0 Å². The van der Waals surface area contributed by atoms with Crippen LogP contribution in [-0.2, 0) is 0 Å². The molecule has 20 heavy (non-hydrogen) atoms. The molecule has 0 saturated carbocycles. The van der Waals surface area contributed by atoms with Crippen LogP contribution in [0.1, 0.15) is 0 Å². The van der Waals surface area contributed by atoms with E-state index in [9.17, 15) is 30.6 Å². The van der Waals surface area contributed by atoms with E-state index in [0.717, 1.165) is 0 Å². The molecule has 0 fully saturated rings. The summed E-state index contributed by atoms with van der Waals surface area (Å²) >= 11 is 0. The molecular weight excluding hydrogens is 272 g/mol. The predicted octanol–water partition coefficient (Wildman–Crippen LogP) is -5.84. The zero-order valence-electron chi connectivity index (χ0n) is 11.1. The Hall–Kier alpha value is -0.400. The molecule has 0 aliphatic heterocycles. The normalized spacial score (nSPS) is 21.0. The third-order valence-corrected chi connectivity index (χ3v) is 2.73. The van der Waals surface area contributed by atoms with Gasteiger partial charge in [0.25, 0.3) is 0 Å². The Kier molecular flexibility index (Phi) is 10.1. The third kappa shape index (κ3) is 7.40. The third-order valence-electron chi connectivity index (χ3n) is 2.73. The number of nitrogens with one attached hydrogen (secondary N) is 2. The molecular formula is C10H26N4O6. The number of nitrogens with two attached hydrogens (primary N) is 2. The zero-order chi connectivity index (χ0) is 15.7. The second kappa shape index (κ2) is 10.3. The number of hydrogen-bond donors (Lipinski definition) is 10. The number of aliphatic hydroxyl groups excluding tert-OH is 6. The Balaban J connectivity index is 3.95. The molecule has 6 unspecified atom stereocenters. The minimum atomic E-state index is -1.32. The van der Waals surface area contributed by atoms with Crippen molar-refractivity contribution in [2.75, 3.05) is 26.2 Å². The van der Waals surface area contributed by atoms with Crippen LogP contribution in [-0.4, -0.2) is 93.7 Å². The quantitative estimate of drug-likeness (QED) is 0.164. The van der Waals surface area contributed by atoms with Crippen molar-refractivity contribution < 1.29 is 30.6 Å². The predicted molar refractivity (Wildman–Crippen MR) is 70.2 cm³/mol. The summed E-state index contributed by atoms with van der Waals surface area (Å²) < 4.78 is 0. The van der Waals surface area contributed by atoms with Gasteiger partial charge in [0.2, 0.25) is 0 Å². The van der Waals surface area contributed by atoms with Gasteiger partial charge < -0.3 is 42.1 Å². The number of aliphatic hydroxyl groups is 6. The van der Waals surface area contributed by atoms with Crippen molar-refractivity contribution in [3.05, 3.63) is 0 Å². The van der Waals surface area contributed by atoms with Crippen molar-refractivity contribution in [1.82, 2.24) is 10.6 Å². The first-order valence-corrected chi connectivity index (χ1v) is 6.28. The van der Waals surface area contributed by atoms with Gasteiger partial charge in [-0.2, -0.15) is 0 Å². The Morgan fingerprint density at radius 2 is 0.900 bits per heavy atom. The highest BCUT2D eigenvalue weighted by molar-refractivity contribution is 4.76. The maximum Gasteiger partial charge on any atom is 0.132 e. The van der Waals surface area contributed by atoms with Gasteiger partial charge in [-0.25, -0.2) is 0 Å². The Bertz CT molecular complexity index is 226. The van der Waals surface area contributed by atoms with Gasteiger partial charge >= 0.3 is 0 Å². The van der Waals surface area contributed by atoms with E-state index < -0.39 is 36.9 Å². The van der Waals surface area contributed by atoms with Crippen LogP contribution in [0, 0.1) is 0 Å². The summed E-state index contributed by atoms with van der Waals surface area (Å²) in [4.78, 5) is 0. The highest BCUT2D eigenvalue weighted by atomic mass is 16.4. The lowest BCUT2D eigenvalue weighted by atomic mass is 10.2. The zero-order valence-corrected chi connectivity index (χ0v) is 11.1. The average molecular weight is 298 g/mol. The van der Waals surface area contributed by atoms with Crippen LogP contribution in [0.4, 0.5) is 0 Å². The average Bonchev–Trinajstić information content (AvgIpc) is 2.47. The molecule has 0 bridgehead atoms. The van der Waals surface area contributed by atoms with Crippen molar-refractivity contribution in [1.29, 1.82) is 0 Å². The summed E-state index contributed by atoms with van der Waals surface area (Å²) in [5, 5.41) is 61.0. The van der Waals surface area contributed by atoms with Crippen molar-refractivity contribution >= 4 is 0 Å². The molecule has 122 valence electrons. The first-order valence-electron chi connectivity index (χ1n) is 6.28. The van der Waals surface area contributed by atoms with Gasteiger partial charge in [0.15, 0.2) is 0 Å². The highest BCUT2D eigenvalue weighted by Gasteiger charge is 2.22. The van der Waals surface area contributed by atoms with E-state index in [-0.39, 0.29) is 26.2 Å². The molecule has 12 N–H and O–H groups in total. The van der Waals surface area contributed by atoms with E-state index in [2.05, 4.69) is 10.6 Å². The van der Waals surface area contributed by atoms with Gasteiger partial charge in [0, 0.05) is 26.2 Å². The fraction of sp³-hybridized carbons (Fsp3) is 1.00. The lowest BCUT2D eigenvalue weighted by molar-refractivity contribution is -0.0350. The van der Waals surface area contributed by atoms with Crippen LogP contribution in [0.2, 0.25) is 0 Å².